The molecule has 0 saturated carbocycles. The lowest BCUT2D eigenvalue weighted by atomic mass is 9.84. The van der Waals surface area contributed by atoms with E-state index in [1.165, 1.54) is 0 Å². The Labute approximate surface area is 175 Å². The molecule has 1 aromatic carbocycles. The average Bonchev–Trinajstić information content (AvgIpc) is 2.85. The summed E-state index contributed by atoms with van der Waals surface area (Å²) in [5.41, 5.74) is 3.15. The number of nitrogens with zero attached hydrogens (tertiary/aromatic N) is 1. The molecule has 1 amide bonds. The molecule has 1 fully saturated rings. The second kappa shape index (κ2) is 9.96. The van der Waals surface area contributed by atoms with E-state index in [1.807, 2.05) is 6.07 Å². The van der Waals surface area contributed by atoms with Crippen LogP contribution < -0.4 is 10.2 Å². The molecule has 2 aliphatic rings. The summed E-state index contributed by atoms with van der Waals surface area (Å²) in [6.45, 7) is 11.2. The summed E-state index contributed by atoms with van der Waals surface area (Å²) in [5.74, 6) is 1.35. The fourth-order valence-electron chi connectivity index (χ4n) is 4.26. The summed E-state index contributed by atoms with van der Waals surface area (Å²) in [7, 11) is 0. The number of amides is 1. The lowest BCUT2D eigenvalue weighted by Crippen LogP contribution is -2.47. The summed E-state index contributed by atoms with van der Waals surface area (Å²) < 4.78 is 12.0. The minimum absolute atomic E-state index is 0. The van der Waals surface area contributed by atoms with Crippen molar-refractivity contribution in [2.24, 2.45) is 11.8 Å². The largest absolute Gasteiger partial charge is 0.492 e. The van der Waals surface area contributed by atoms with E-state index < -0.39 is 5.91 Å². The molecule has 2 aliphatic heterocycles. The Bertz CT molecular complexity index is 670. The van der Waals surface area contributed by atoms with Crippen LogP contribution in [0.2, 0.25) is 0 Å². The number of hydroxylamine groups is 1. The minimum Gasteiger partial charge on any atom is -0.492 e. The number of hydrogen-bond donors (Lipinski definition) is 2. The summed E-state index contributed by atoms with van der Waals surface area (Å²) in [4.78, 5) is 14.2. The van der Waals surface area contributed by atoms with Crippen molar-refractivity contribution in [2.45, 2.75) is 65.3 Å². The maximum atomic E-state index is 11.7. The molecule has 158 valence electrons. The molecule has 6 nitrogen and oxygen atoms in total. The minimum atomic E-state index is -0.522. The number of rotatable bonds is 4. The first-order chi connectivity index (χ1) is 12.9. The van der Waals surface area contributed by atoms with Crippen LogP contribution in [0.1, 0.15) is 56.5 Å². The zero-order valence-corrected chi connectivity index (χ0v) is 18.3. The van der Waals surface area contributed by atoms with Crippen molar-refractivity contribution in [2.75, 3.05) is 13.2 Å². The standard InChI is InChI=1S/C21H32N2O4.H2S/c1-13(2)19-9-16(7-8-26-19)15(4)23-11-18-6-5-17(21(24)22-25)10-20(18)27-12-14(23)3;/h5-6,10,13-16,19,25H,7-9,11-12H2,1-4H3,(H,22,24);1H2/t14-,15?,16?,19?;/m0./s1. The van der Waals surface area contributed by atoms with Crippen LogP contribution in [-0.4, -0.2) is 47.4 Å². The van der Waals surface area contributed by atoms with Crippen LogP contribution in [0.5, 0.6) is 5.75 Å². The van der Waals surface area contributed by atoms with Gasteiger partial charge in [-0.3, -0.25) is 14.9 Å². The Kier molecular flexibility index (Phi) is 8.18. The van der Waals surface area contributed by atoms with Crippen molar-refractivity contribution in [3.05, 3.63) is 29.3 Å². The first kappa shape index (κ1) is 23.0. The van der Waals surface area contributed by atoms with Crippen molar-refractivity contribution in [1.29, 1.82) is 0 Å². The Balaban J connectivity index is 0.00000280. The number of fused-ring (bicyclic) bond motifs is 1. The van der Waals surface area contributed by atoms with Crippen LogP contribution in [0, 0.1) is 11.8 Å². The van der Waals surface area contributed by atoms with Gasteiger partial charge in [-0.25, -0.2) is 5.48 Å². The van der Waals surface area contributed by atoms with E-state index in [9.17, 15) is 4.79 Å². The first-order valence-electron chi connectivity index (χ1n) is 9.98. The van der Waals surface area contributed by atoms with Gasteiger partial charge in [0.1, 0.15) is 12.4 Å². The monoisotopic (exact) mass is 410 g/mol. The first-order valence-corrected chi connectivity index (χ1v) is 9.98. The third-order valence-corrected chi connectivity index (χ3v) is 6.13. The molecule has 28 heavy (non-hydrogen) atoms. The van der Waals surface area contributed by atoms with E-state index in [0.29, 0.717) is 36.2 Å². The molecule has 0 aromatic heterocycles. The molecule has 7 heteroatoms. The van der Waals surface area contributed by atoms with Gasteiger partial charge in [0.15, 0.2) is 0 Å². The molecule has 0 aliphatic carbocycles. The predicted molar refractivity (Wildman–Crippen MR) is 113 cm³/mol. The van der Waals surface area contributed by atoms with Crippen molar-refractivity contribution in [3.63, 3.8) is 0 Å². The SMILES string of the molecule is CC(C)C1CC(C(C)N2Cc3ccc(C(=O)NO)cc3OC[C@@H]2C)CCO1.S. The van der Waals surface area contributed by atoms with Crippen LogP contribution in [0.3, 0.4) is 0 Å². The second-order valence-electron chi connectivity index (χ2n) is 8.27. The number of benzene rings is 1. The Morgan fingerprint density at radius 1 is 1.32 bits per heavy atom. The number of nitrogens with one attached hydrogen (secondary N) is 1. The smallest absolute Gasteiger partial charge is 0.274 e. The number of hydrogen-bond acceptors (Lipinski definition) is 5. The third kappa shape index (κ3) is 5.00. The Hall–Kier alpha value is -1.28. The van der Waals surface area contributed by atoms with Gasteiger partial charge in [0.05, 0.1) is 6.10 Å². The maximum Gasteiger partial charge on any atom is 0.274 e. The highest BCUT2D eigenvalue weighted by Gasteiger charge is 2.34. The maximum absolute atomic E-state index is 11.7. The van der Waals surface area contributed by atoms with E-state index in [2.05, 4.69) is 32.6 Å². The summed E-state index contributed by atoms with van der Waals surface area (Å²) >= 11 is 0. The van der Waals surface area contributed by atoms with Gasteiger partial charge in [-0.05, 0) is 50.7 Å². The lowest BCUT2D eigenvalue weighted by Gasteiger charge is -2.41. The number of ether oxygens (including phenoxy) is 2. The van der Waals surface area contributed by atoms with E-state index in [1.54, 1.807) is 17.6 Å². The predicted octanol–water partition coefficient (Wildman–Crippen LogP) is 3.34. The fraction of sp³-hybridized carbons (Fsp3) is 0.667. The van der Waals surface area contributed by atoms with Crippen molar-refractivity contribution in [1.82, 2.24) is 10.4 Å². The van der Waals surface area contributed by atoms with Crippen LogP contribution in [-0.2, 0) is 11.3 Å². The van der Waals surface area contributed by atoms with Gasteiger partial charge in [-0.15, -0.1) is 0 Å². The van der Waals surface area contributed by atoms with E-state index in [0.717, 1.165) is 37.3 Å². The van der Waals surface area contributed by atoms with Gasteiger partial charge in [0.2, 0.25) is 0 Å². The van der Waals surface area contributed by atoms with Gasteiger partial charge < -0.3 is 9.47 Å². The molecule has 0 spiro atoms. The summed E-state index contributed by atoms with van der Waals surface area (Å²) in [5, 5.41) is 8.85. The van der Waals surface area contributed by atoms with E-state index in [-0.39, 0.29) is 19.5 Å². The fourth-order valence-corrected chi connectivity index (χ4v) is 4.26. The molecule has 4 atom stereocenters. The molecule has 2 heterocycles. The normalized spacial score (nSPS) is 26.4. The zero-order valence-electron chi connectivity index (χ0n) is 17.3. The van der Waals surface area contributed by atoms with Gasteiger partial charge in [-0.1, -0.05) is 19.9 Å². The van der Waals surface area contributed by atoms with Crippen LogP contribution in [0.4, 0.5) is 0 Å². The highest BCUT2D eigenvalue weighted by molar-refractivity contribution is 7.59. The molecule has 1 saturated heterocycles. The molecule has 2 N–H and O–H groups in total. The second-order valence-corrected chi connectivity index (χ2v) is 8.27. The molecular weight excluding hydrogens is 376 g/mol. The molecule has 0 bridgehead atoms. The van der Waals surface area contributed by atoms with Crippen molar-refractivity contribution >= 4 is 19.4 Å². The molecule has 1 aromatic rings. The summed E-state index contributed by atoms with van der Waals surface area (Å²) in [6, 6.07) is 6.09. The highest BCUT2D eigenvalue weighted by atomic mass is 32.1. The number of carbonyl (C=O) groups excluding carboxylic acids is 1. The van der Waals surface area contributed by atoms with Gasteiger partial charge in [0.25, 0.3) is 5.91 Å². The molecule has 3 rings (SSSR count). The average molecular weight is 411 g/mol. The van der Waals surface area contributed by atoms with Crippen molar-refractivity contribution < 1.29 is 19.5 Å². The topological polar surface area (TPSA) is 71.0 Å². The zero-order chi connectivity index (χ0) is 19.6. The number of carbonyl (C=O) groups is 1. The Morgan fingerprint density at radius 3 is 2.75 bits per heavy atom. The van der Waals surface area contributed by atoms with Gasteiger partial charge in [0, 0.05) is 36.4 Å². The quantitative estimate of drug-likeness (QED) is 0.588. The highest BCUT2D eigenvalue weighted by Crippen LogP contribution is 2.33. The Morgan fingerprint density at radius 2 is 2.07 bits per heavy atom. The van der Waals surface area contributed by atoms with Crippen LogP contribution in [0.15, 0.2) is 18.2 Å². The van der Waals surface area contributed by atoms with Crippen molar-refractivity contribution in [3.8, 4) is 5.75 Å². The molecule has 3 unspecified atom stereocenters. The van der Waals surface area contributed by atoms with Gasteiger partial charge >= 0.3 is 0 Å². The molecule has 0 radical (unpaired) electrons. The lowest BCUT2D eigenvalue weighted by molar-refractivity contribution is -0.0563. The third-order valence-electron chi connectivity index (χ3n) is 6.13. The summed E-state index contributed by atoms with van der Waals surface area (Å²) in [6.07, 6.45) is 2.54. The van der Waals surface area contributed by atoms with Crippen LogP contribution >= 0.6 is 13.5 Å². The van der Waals surface area contributed by atoms with E-state index in [4.69, 9.17) is 14.7 Å². The van der Waals surface area contributed by atoms with E-state index >= 15 is 0 Å². The van der Waals surface area contributed by atoms with Crippen LogP contribution in [0.25, 0.3) is 0 Å². The van der Waals surface area contributed by atoms with Gasteiger partial charge in [-0.2, -0.15) is 13.5 Å². The molecular formula is C21H34N2O4S.